The summed E-state index contributed by atoms with van der Waals surface area (Å²) < 4.78 is 5.95. The molecule has 1 amide bonds. The van der Waals surface area contributed by atoms with Crippen molar-refractivity contribution < 1.29 is 9.21 Å². The normalized spacial score (nSPS) is 15.6. The van der Waals surface area contributed by atoms with E-state index < -0.39 is 6.04 Å². The van der Waals surface area contributed by atoms with E-state index in [0.717, 1.165) is 16.7 Å². The molecule has 1 aliphatic heterocycles. The first kappa shape index (κ1) is 18.6. The first-order chi connectivity index (χ1) is 14.5. The Hall–Kier alpha value is -3.37. The molecular formula is C25H18ClNO3. The summed E-state index contributed by atoms with van der Waals surface area (Å²) in [5.74, 6) is -0.265. The minimum Gasteiger partial charge on any atom is -0.450 e. The minimum atomic E-state index is -0.590. The molecule has 148 valence electrons. The summed E-state index contributed by atoms with van der Waals surface area (Å²) in [5.41, 5.74) is 4.05. The number of para-hydroxylation sites is 1. The number of carbonyl (C=O) groups excluding carboxylic acids is 1. The summed E-state index contributed by atoms with van der Waals surface area (Å²) in [4.78, 5) is 28.5. The summed E-state index contributed by atoms with van der Waals surface area (Å²) in [6.07, 6.45) is 0. The van der Waals surface area contributed by atoms with Crippen LogP contribution >= 0.6 is 11.6 Å². The third-order valence-corrected chi connectivity index (χ3v) is 6.01. The molecule has 1 atom stereocenters. The van der Waals surface area contributed by atoms with Gasteiger partial charge >= 0.3 is 0 Å². The number of halogens is 1. The molecule has 30 heavy (non-hydrogen) atoms. The summed E-state index contributed by atoms with van der Waals surface area (Å²) >= 11 is 6.36. The van der Waals surface area contributed by atoms with Crippen molar-refractivity contribution in [2.75, 3.05) is 4.90 Å². The molecule has 0 saturated carbocycles. The number of carbonyl (C=O) groups is 1. The topological polar surface area (TPSA) is 50.5 Å². The van der Waals surface area contributed by atoms with Gasteiger partial charge in [0.2, 0.25) is 5.76 Å². The van der Waals surface area contributed by atoms with Crippen molar-refractivity contribution in [3.63, 3.8) is 0 Å². The van der Waals surface area contributed by atoms with Crippen molar-refractivity contribution in [3.05, 3.63) is 110 Å². The molecule has 0 spiro atoms. The molecule has 3 aromatic carbocycles. The Morgan fingerprint density at radius 2 is 1.67 bits per heavy atom. The first-order valence-corrected chi connectivity index (χ1v) is 10.1. The van der Waals surface area contributed by atoms with Gasteiger partial charge in [-0.05, 0) is 49.2 Å². The molecule has 0 bridgehead atoms. The SMILES string of the molecule is Cc1ccc(C2c3c(oc4ccccc4c3=O)C(=O)N2c2ccc(C)c(Cl)c2)cc1. The Bertz CT molecular complexity index is 1370. The maximum atomic E-state index is 13.5. The smallest absolute Gasteiger partial charge is 0.295 e. The molecule has 0 saturated heterocycles. The number of rotatable bonds is 2. The molecule has 0 fully saturated rings. The fourth-order valence-electron chi connectivity index (χ4n) is 3.98. The van der Waals surface area contributed by atoms with Crippen LogP contribution in [0.4, 0.5) is 5.69 Å². The summed E-state index contributed by atoms with van der Waals surface area (Å²) in [7, 11) is 0. The molecule has 0 aliphatic carbocycles. The van der Waals surface area contributed by atoms with Crippen LogP contribution < -0.4 is 10.3 Å². The van der Waals surface area contributed by atoms with Gasteiger partial charge in [0.1, 0.15) is 5.58 Å². The van der Waals surface area contributed by atoms with E-state index in [-0.39, 0.29) is 17.1 Å². The van der Waals surface area contributed by atoms with Crippen LogP contribution in [0.25, 0.3) is 11.0 Å². The second-order valence-corrected chi connectivity index (χ2v) is 8.00. The van der Waals surface area contributed by atoms with Crippen LogP contribution in [0, 0.1) is 13.8 Å². The molecule has 0 radical (unpaired) electrons. The van der Waals surface area contributed by atoms with E-state index in [9.17, 15) is 9.59 Å². The van der Waals surface area contributed by atoms with Crippen LogP contribution in [-0.4, -0.2) is 5.91 Å². The number of hydrogen-bond donors (Lipinski definition) is 0. The molecule has 5 heteroatoms. The number of anilines is 1. The molecule has 2 heterocycles. The van der Waals surface area contributed by atoms with Crippen molar-refractivity contribution in [1.29, 1.82) is 0 Å². The molecule has 1 aromatic heterocycles. The monoisotopic (exact) mass is 415 g/mol. The van der Waals surface area contributed by atoms with Crippen LogP contribution in [0.2, 0.25) is 5.02 Å². The second-order valence-electron chi connectivity index (χ2n) is 7.59. The predicted molar refractivity (Wildman–Crippen MR) is 119 cm³/mol. The van der Waals surface area contributed by atoms with Crippen molar-refractivity contribution in [2.45, 2.75) is 19.9 Å². The van der Waals surface area contributed by atoms with Crippen molar-refractivity contribution in [1.82, 2.24) is 0 Å². The van der Waals surface area contributed by atoms with Crippen LogP contribution in [0.5, 0.6) is 0 Å². The lowest BCUT2D eigenvalue weighted by molar-refractivity contribution is 0.0971. The van der Waals surface area contributed by atoms with Gasteiger partial charge in [0.25, 0.3) is 5.91 Å². The maximum Gasteiger partial charge on any atom is 0.295 e. The van der Waals surface area contributed by atoms with Gasteiger partial charge < -0.3 is 4.42 Å². The fraction of sp³-hybridized carbons (Fsp3) is 0.120. The highest BCUT2D eigenvalue weighted by molar-refractivity contribution is 6.31. The third kappa shape index (κ3) is 2.76. The Kier molecular flexibility index (Phi) is 4.26. The van der Waals surface area contributed by atoms with Crippen LogP contribution in [0.1, 0.15) is 38.9 Å². The highest BCUT2D eigenvalue weighted by Crippen LogP contribution is 2.42. The van der Waals surface area contributed by atoms with Gasteiger partial charge in [-0.15, -0.1) is 0 Å². The first-order valence-electron chi connectivity index (χ1n) is 9.67. The zero-order chi connectivity index (χ0) is 21.0. The number of hydrogen-bond acceptors (Lipinski definition) is 3. The van der Waals surface area contributed by atoms with E-state index in [2.05, 4.69) is 0 Å². The van der Waals surface area contributed by atoms with E-state index in [4.69, 9.17) is 16.0 Å². The van der Waals surface area contributed by atoms with E-state index >= 15 is 0 Å². The average molecular weight is 416 g/mol. The van der Waals surface area contributed by atoms with Crippen LogP contribution in [-0.2, 0) is 0 Å². The van der Waals surface area contributed by atoms with Crippen molar-refractivity contribution >= 4 is 34.2 Å². The zero-order valence-corrected chi connectivity index (χ0v) is 17.2. The summed E-state index contributed by atoms with van der Waals surface area (Å²) in [6.45, 7) is 3.90. The molecule has 5 rings (SSSR count). The Morgan fingerprint density at radius 1 is 0.933 bits per heavy atom. The van der Waals surface area contributed by atoms with Crippen LogP contribution in [0.15, 0.2) is 75.9 Å². The molecule has 1 aliphatic rings. The highest BCUT2D eigenvalue weighted by Gasteiger charge is 2.43. The van der Waals surface area contributed by atoms with Crippen LogP contribution in [0.3, 0.4) is 0 Å². The Morgan fingerprint density at radius 3 is 2.40 bits per heavy atom. The number of aryl methyl sites for hydroxylation is 2. The maximum absolute atomic E-state index is 13.5. The second kappa shape index (κ2) is 6.85. The number of nitrogens with zero attached hydrogens (tertiary/aromatic N) is 1. The third-order valence-electron chi connectivity index (χ3n) is 5.60. The standard InChI is InChI=1S/C25H18ClNO3/c1-14-7-10-16(11-8-14)22-21-23(28)18-5-3-4-6-20(18)30-24(21)25(29)27(22)17-12-9-15(2)19(26)13-17/h3-13,22H,1-2H3. The minimum absolute atomic E-state index is 0.0842. The average Bonchev–Trinajstić information content (AvgIpc) is 3.04. The molecule has 4 aromatic rings. The Balaban J connectivity index is 1.81. The lowest BCUT2D eigenvalue weighted by Gasteiger charge is -2.25. The van der Waals surface area contributed by atoms with E-state index in [1.165, 1.54) is 0 Å². The Labute approximate surface area is 178 Å². The quantitative estimate of drug-likeness (QED) is 0.415. The van der Waals surface area contributed by atoms with Gasteiger partial charge in [-0.2, -0.15) is 0 Å². The number of amides is 1. The lowest BCUT2D eigenvalue weighted by Crippen LogP contribution is -2.29. The molecule has 0 N–H and O–H groups in total. The van der Waals surface area contributed by atoms with E-state index in [0.29, 0.717) is 27.2 Å². The van der Waals surface area contributed by atoms with E-state index in [1.807, 2.05) is 50.2 Å². The highest BCUT2D eigenvalue weighted by atomic mass is 35.5. The van der Waals surface area contributed by atoms with Gasteiger partial charge in [0.05, 0.1) is 17.0 Å². The number of fused-ring (bicyclic) bond motifs is 2. The van der Waals surface area contributed by atoms with Gasteiger partial charge in [-0.25, -0.2) is 0 Å². The molecule has 1 unspecified atom stereocenters. The molecular weight excluding hydrogens is 398 g/mol. The zero-order valence-electron chi connectivity index (χ0n) is 16.5. The van der Waals surface area contributed by atoms with E-state index in [1.54, 1.807) is 35.2 Å². The van der Waals surface area contributed by atoms with Gasteiger partial charge in [-0.3, -0.25) is 14.5 Å². The summed E-state index contributed by atoms with van der Waals surface area (Å²) in [6, 6.07) is 19.7. The fourth-order valence-corrected chi connectivity index (χ4v) is 4.16. The number of benzene rings is 3. The van der Waals surface area contributed by atoms with Crippen molar-refractivity contribution in [3.8, 4) is 0 Å². The summed E-state index contributed by atoms with van der Waals surface area (Å²) in [5, 5.41) is 1.02. The van der Waals surface area contributed by atoms with Gasteiger partial charge in [-0.1, -0.05) is 59.6 Å². The lowest BCUT2D eigenvalue weighted by atomic mass is 9.97. The van der Waals surface area contributed by atoms with Gasteiger partial charge in [0, 0.05) is 10.7 Å². The molecule has 4 nitrogen and oxygen atoms in total. The largest absolute Gasteiger partial charge is 0.450 e. The van der Waals surface area contributed by atoms with Crippen molar-refractivity contribution in [2.24, 2.45) is 0 Å². The van der Waals surface area contributed by atoms with Gasteiger partial charge in [0.15, 0.2) is 5.43 Å². The predicted octanol–water partition coefficient (Wildman–Crippen LogP) is 5.81.